The molecule has 2 saturated carbocycles. The molecule has 6 heterocycles. The van der Waals surface area contributed by atoms with Crippen molar-refractivity contribution in [2.24, 2.45) is 23.2 Å². The average Bonchev–Trinajstić information content (AvgIpc) is 3.86. The van der Waals surface area contributed by atoms with Crippen LogP contribution in [0.25, 0.3) is 0 Å². The number of fused-ring (bicyclic) bond motifs is 7. The number of ether oxygens (including phenoxy) is 6. The Labute approximate surface area is 258 Å². The van der Waals surface area contributed by atoms with Gasteiger partial charge >= 0.3 is 11.9 Å². The van der Waals surface area contributed by atoms with Gasteiger partial charge < -0.3 is 33.5 Å². The van der Waals surface area contributed by atoms with Gasteiger partial charge in [-0.15, -0.1) is 0 Å². The number of carbonyl (C=O) groups excluding carboxylic acids is 2. The topological polar surface area (TPSA) is 123 Å². The molecule has 2 spiro atoms. The van der Waals surface area contributed by atoms with E-state index in [1.807, 2.05) is 0 Å². The average molecular weight is 609 g/mol. The highest BCUT2D eigenvalue weighted by Gasteiger charge is 3.00. The molecular formula is C35H44O9. The second-order valence-electron chi connectivity index (χ2n) is 15.9. The summed E-state index contributed by atoms with van der Waals surface area (Å²) in [5.41, 5.74) is 2.14. The van der Waals surface area contributed by atoms with Crippen molar-refractivity contribution < 1.29 is 43.1 Å². The number of esters is 2. The molecule has 0 aromatic carbocycles. The molecule has 0 amide bonds. The summed E-state index contributed by atoms with van der Waals surface area (Å²) >= 11 is 0. The highest BCUT2D eigenvalue weighted by molar-refractivity contribution is 5.92. The summed E-state index contributed by atoms with van der Waals surface area (Å²) < 4.78 is 35.7. The number of aliphatic hydroxyl groups is 1. The Kier molecular flexibility index (Phi) is 5.42. The van der Waals surface area contributed by atoms with Gasteiger partial charge in [-0.3, -0.25) is 0 Å². The maximum absolute atomic E-state index is 12.1. The Morgan fingerprint density at radius 2 is 1.80 bits per heavy atom. The van der Waals surface area contributed by atoms with E-state index >= 15 is 0 Å². The first-order chi connectivity index (χ1) is 20.9. The fourth-order valence-corrected chi connectivity index (χ4v) is 10.9. The van der Waals surface area contributed by atoms with Crippen molar-refractivity contribution >= 4 is 11.9 Å². The highest BCUT2D eigenvalue weighted by Crippen LogP contribution is 2.82. The van der Waals surface area contributed by atoms with E-state index < -0.39 is 22.9 Å². The van der Waals surface area contributed by atoms with Crippen LogP contribution >= 0.6 is 0 Å². The Bertz CT molecular complexity index is 1460. The van der Waals surface area contributed by atoms with Crippen molar-refractivity contribution in [2.75, 3.05) is 6.61 Å². The lowest BCUT2D eigenvalue weighted by molar-refractivity contribution is -0.140. The Balaban J connectivity index is 0.000000132. The molecule has 9 nitrogen and oxygen atoms in total. The Morgan fingerprint density at radius 1 is 1.00 bits per heavy atom. The quantitative estimate of drug-likeness (QED) is 0.205. The van der Waals surface area contributed by atoms with E-state index in [1.165, 1.54) is 5.57 Å². The zero-order valence-corrected chi connectivity index (χ0v) is 26.4. The van der Waals surface area contributed by atoms with Crippen LogP contribution in [0.5, 0.6) is 0 Å². The summed E-state index contributed by atoms with van der Waals surface area (Å²) in [7, 11) is 0. The standard InChI is InChI=1S/C20H24O6.C15H20O3/c1-8(2)18-13(25-18)14-20(26-14)17(3)5-4-9-10(7-23-15(9)21)11(17)6-12-19(20,24-12)16(18)22;1-9-5-4-8-15(3)13(18-15)12-11(7-6-9)10(2)14(16)17-12/h8,11-14,16,22H,4-7H2,1-3H3;5,11-13H,2,4,6-8H2,1,3H3/b;9-5+/t11-,12-,13-,14-,16+,17-,18-,19+,20+;11-,12-,13-,15+/m00/s1. The van der Waals surface area contributed by atoms with Gasteiger partial charge in [0.1, 0.15) is 48.3 Å². The van der Waals surface area contributed by atoms with Gasteiger partial charge in [0.2, 0.25) is 0 Å². The highest BCUT2D eigenvalue weighted by atomic mass is 16.7. The van der Waals surface area contributed by atoms with Crippen LogP contribution in [0.4, 0.5) is 0 Å². The van der Waals surface area contributed by atoms with E-state index in [9.17, 15) is 14.7 Å². The van der Waals surface area contributed by atoms with Crippen molar-refractivity contribution in [1.29, 1.82) is 0 Å². The number of aliphatic hydroxyl groups excluding tert-OH is 1. The minimum Gasteiger partial charge on any atom is -0.458 e. The Morgan fingerprint density at radius 3 is 2.57 bits per heavy atom. The molecule has 0 aromatic rings. The molecule has 10 rings (SSSR count). The van der Waals surface area contributed by atoms with Crippen LogP contribution in [0.3, 0.4) is 0 Å². The summed E-state index contributed by atoms with van der Waals surface area (Å²) in [6.07, 6.45) is 7.96. The van der Waals surface area contributed by atoms with Gasteiger partial charge in [0.25, 0.3) is 0 Å². The van der Waals surface area contributed by atoms with Crippen molar-refractivity contribution in [3.8, 4) is 0 Å². The monoisotopic (exact) mass is 608 g/mol. The molecule has 0 aromatic heterocycles. The van der Waals surface area contributed by atoms with E-state index in [-0.39, 0.29) is 71.2 Å². The first kappa shape index (κ1) is 28.2. The number of rotatable bonds is 1. The van der Waals surface area contributed by atoms with Gasteiger partial charge in [0.15, 0.2) is 5.60 Å². The normalized spacial score (nSPS) is 56.3. The van der Waals surface area contributed by atoms with E-state index in [2.05, 4.69) is 47.3 Å². The zero-order chi connectivity index (χ0) is 30.8. The maximum Gasteiger partial charge on any atom is 0.334 e. The van der Waals surface area contributed by atoms with Gasteiger partial charge in [-0.2, -0.15) is 0 Å². The van der Waals surface area contributed by atoms with Gasteiger partial charge in [-0.05, 0) is 76.2 Å². The summed E-state index contributed by atoms with van der Waals surface area (Å²) in [5.74, 6) is 0.195. The molecule has 0 unspecified atom stereocenters. The first-order valence-electron chi connectivity index (χ1n) is 16.7. The minimum atomic E-state index is -0.654. The van der Waals surface area contributed by atoms with E-state index in [0.717, 1.165) is 56.1 Å². The van der Waals surface area contributed by atoms with E-state index in [4.69, 9.17) is 28.4 Å². The smallest absolute Gasteiger partial charge is 0.334 e. The molecular weight excluding hydrogens is 564 g/mol. The lowest BCUT2D eigenvalue weighted by atomic mass is 9.46. The largest absolute Gasteiger partial charge is 0.458 e. The predicted molar refractivity (Wildman–Crippen MR) is 155 cm³/mol. The molecule has 0 bridgehead atoms. The van der Waals surface area contributed by atoms with Gasteiger partial charge in [-0.1, -0.05) is 39.0 Å². The second-order valence-corrected chi connectivity index (χ2v) is 15.9. The molecule has 6 aliphatic heterocycles. The van der Waals surface area contributed by atoms with E-state index in [1.54, 1.807) is 0 Å². The molecule has 7 fully saturated rings. The van der Waals surface area contributed by atoms with Crippen molar-refractivity contribution in [1.82, 2.24) is 0 Å². The van der Waals surface area contributed by atoms with Crippen LogP contribution < -0.4 is 0 Å². The van der Waals surface area contributed by atoms with Crippen LogP contribution in [-0.4, -0.2) is 82.7 Å². The molecule has 238 valence electrons. The number of cyclic esters (lactones) is 1. The first-order valence-corrected chi connectivity index (χ1v) is 16.7. The summed E-state index contributed by atoms with van der Waals surface area (Å²) in [5, 5.41) is 11.4. The minimum absolute atomic E-state index is 0.00808. The summed E-state index contributed by atoms with van der Waals surface area (Å²) in [6.45, 7) is 15.1. The molecule has 9 heteroatoms. The van der Waals surface area contributed by atoms with Gasteiger partial charge in [0.05, 0.1) is 11.7 Å². The summed E-state index contributed by atoms with van der Waals surface area (Å²) in [6, 6.07) is 0. The number of carbonyl (C=O) groups is 2. The lowest BCUT2D eigenvalue weighted by Gasteiger charge is -2.53. The molecule has 4 aliphatic carbocycles. The second kappa shape index (κ2) is 8.45. The Hall–Kier alpha value is -2.04. The summed E-state index contributed by atoms with van der Waals surface area (Å²) in [4.78, 5) is 23.8. The van der Waals surface area contributed by atoms with Crippen molar-refractivity contribution in [3.05, 3.63) is 34.9 Å². The van der Waals surface area contributed by atoms with Crippen LogP contribution in [-0.2, 0) is 38.0 Å². The number of hydrogen-bond donors (Lipinski definition) is 1. The lowest BCUT2D eigenvalue weighted by Crippen LogP contribution is -2.69. The number of hydrogen-bond acceptors (Lipinski definition) is 9. The number of epoxide rings is 4. The van der Waals surface area contributed by atoms with Gasteiger partial charge in [-0.25, -0.2) is 9.59 Å². The third-order valence-corrected chi connectivity index (χ3v) is 13.7. The zero-order valence-electron chi connectivity index (χ0n) is 26.4. The van der Waals surface area contributed by atoms with Crippen molar-refractivity contribution in [3.63, 3.8) is 0 Å². The third-order valence-electron chi connectivity index (χ3n) is 13.7. The van der Waals surface area contributed by atoms with Crippen LogP contribution in [0, 0.1) is 23.2 Å². The SMILES string of the molecule is C=C1C(=O)O[C@H]2[C@H]1CC/C(C)=C/CC[C@@]1(C)O[C@@H]21.CC(C)[C@]12O[C@H]1[C@@H]1O[C@]13[C@]1(O[C@H]1C[C@H]1C4=C(CC[C@@]13C)C(=O)OC4)[C@@H]2O. The fourth-order valence-electron chi connectivity index (χ4n) is 10.9. The molecule has 13 atom stereocenters. The van der Waals surface area contributed by atoms with Crippen LogP contribution in [0.15, 0.2) is 34.9 Å². The van der Waals surface area contributed by atoms with Crippen molar-refractivity contribution in [2.45, 2.75) is 139 Å². The molecule has 5 saturated heterocycles. The molecule has 44 heavy (non-hydrogen) atoms. The molecule has 0 radical (unpaired) electrons. The molecule has 10 aliphatic rings. The fraction of sp³-hybridized carbons (Fsp3) is 0.771. The predicted octanol–water partition coefficient (Wildman–Crippen LogP) is 3.87. The molecule has 1 N–H and O–H groups in total. The maximum atomic E-state index is 12.1. The van der Waals surface area contributed by atoms with E-state index in [0.29, 0.717) is 12.2 Å². The van der Waals surface area contributed by atoms with Crippen LogP contribution in [0.1, 0.15) is 79.6 Å². The van der Waals surface area contributed by atoms with Gasteiger partial charge in [0, 0.05) is 22.5 Å². The third kappa shape index (κ3) is 3.14. The van der Waals surface area contributed by atoms with Crippen LogP contribution in [0.2, 0.25) is 0 Å². The number of allylic oxidation sites excluding steroid dienone is 2.